The van der Waals surface area contributed by atoms with E-state index in [0.717, 1.165) is 22.3 Å². The van der Waals surface area contributed by atoms with E-state index in [1.54, 1.807) is 24.3 Å². The van der Waals surface area contributed by atoms with Crippen molar-refractivity contribution in [2.45, 2.75) is 83.1 Å². The van der Waals surface area contributed by atoms with Gasteiger partial charge in [0.05, 0.1) is 18.1 Å². The average molecular weight is 883 g/mol. The quantitative estimate of drug-likeness (QED) is 0.0861. The van der Waals surface area contributed by atoms with Gasteiger partial charge in [0.25, 0.3) is 0 Å². The summed E-state index contributed by atoms with van der Waals surface area (Å²) in [4.78, 5) is 30.7. The number of carbonyl (C=O) groups is 2. The number of imide groups is 1. The lowest BCUT2D eigenvalue weighted by Gasteiger charge is -2.40. The van der Waals surface area contributed by atoms with Crippen LogP contribution in [0.5, 0.6) is 11.5 Å². The molecule has 1 heterocycles. The molecule has 1 N–H and O–H groups in total. The fourth-order valence-electron chi connectivity index (χ4n) is 7.61. The van der Waals surface area contributed by atoms with Gasteiger partial charge in [0.2, 0.25) is 5.91 Å². The number of rotatable bonds is 18. The van der Waals surface area contributed by atoms with Crippen LogP contribution in [0, 0.1) is 17.6 Å². The molecule has 1 fully saturated rings. The molecule has 0 unspecified atom stereocenters. The lowest BCUT2D eigenvalue weighted by molar-refractivity contribution is -0.134. The molecule has 0 spiro atoms. The van der Waals surface area contributed by atoms with Crippen LogP contribution in [-0.2, 0) is 27.2 Å². The Balaban J connectivity index is 1.36. The number of hydrogen-bond donors (Lipinski definition) is 1. The third kappa shape index (κ3) is 11.4. The predicted octanol–water partition coefficient (Wildman–Crippen LogP) is 13.2. The molecule has 0 radical (unpaired) electrons. The highest BCUT2D eigenvalue weighted by Gasteiger charge is 2.46. The summed E-state index contributed by atoms with van der Waals surface area (Å²) in [6.45, 7) is 11.3. The van der Waals surface area contributed by atoms with Gasteiger partial charge >= 0.3 is 6.09 Å². The number of nitrogens with one attached hydrogen (secondary N) is 1. The molecule has 4 atom stereocenters. The van der Waals surface area contributed by atoms with Crippen LogP contribution >= 0.6 is 0 Å². The summed E-state index contributed by atoms with van der Waals surface area (Å²) >= 11 is 0. The maximum Gasteiger partial charge on any atom is 0.417 e. The smallest absolute Gasteiger partial charge is 0.417 e. The second-order valence-electron chi connectivity index (χ2n) is 17.7. The average Bonchev–Trinajstić information content (AvgIpc) is 3.69. The fraction of sp³-hybridized carbons (Fsp3) is 0.283. The lowest BCUT2D eigenvalue weighted by atomic mass is 9.85. The molecule has 64 heavy (non-hydrogen) atoms. The van der Waals surface area contributed by atoms with Gasteiger partial charge in [-0.1, -0.05) is 124 Å². The van der Waals surface area contributed by atoms with Crippen LogP contribution in [0.15, 0.2) is 158 Å². The first-order chi connectivity index (χ1) is 30.8. The van der Waals surface area contributed by atoms with Crippen LogP contribution in [0.1, 0.15) is 79.6 Å². The van der Waals surface area contributed by atoms with Gasteiger partial charge in [-0.25, -0.2) is 18.5 Å². The van der Waals surface area contributed by atoms with Crippen molar-refractivity contribution >= 4 is 26.0 Å². The molecule has 1 aliphatic heterocycles. The number of benzene rings is 6. The summed E-state index contributed by atoms with van der Waals surface area (Å²) in [5.41, 5.74) is 4.59. The highest BCUT2D eigenvalue weighted by atomic mass is 28.4. The minimum absolute atomic E-state index is 0.0110. The first kappa shape index (κ1) is 45.7. The maximum absolute atomic E-state index is 15.6. The second kappa shape index (κ2) is 20.5. The number of halogens is 2. The zero-order valence-electron chi connectivity index (χ0n) is 37.0. The number of anilines is 1. The number of hydrogen-bond acceptors (Lipinski definition) is 7. The molecule has 1 saturated heterocycles. The number of amides is 2. The van der Waals surface area contributed by atoms with E-state index in [1.165, 1.54) is 29.2 Å². The van der Waals surface area contributed by atoms with Crippen LogP contribution in [-0.4, -0.2) is 31.8 Å². The Hall–Kier alpha value is -6.30. The number of ether oxygens (including phenoxy) is 3. The highest BCUT2D eigenvalue weighted by molar-refractivity contribution is 6.74. The number of carbonyl (C=O) groups excluding carboxylic acids is 2. The molecule has 11 heteroatoms. The van der Waals surface area contributed by atoms with Crippen molar-refractivity contribution in [2.24, 2.45) is 5.92 Å². The topological polar surface area (TPSA) is 86.3 Å². The molecule has 332 valence electrons. The second-order valence-corrected chi connectivity index (χ2v) is 22.4. The molecule has 6 aromatic carbocycles. The summed E-state index contributed by atoms with van der Waals surface area (Å²) in [7, 11) is -2.45. The summed E-state index contributed by atoms with van der Waals surface area (Å²) < 4.78 is 54.6. The van der Waals surface area contributed by atoms with E-state index in [0.29, 0.717) is 35.8 Å². The SMILES string of the molecule is CC(C)(C)[Si](C)(C)O[C@@H](CC[C@@H](C(=O)N1C(=O)OC[C@@H]1c1ccccc1)[C@H](Nc1ccc(F)cc1)c1ccc(OCc2ccccc2)cc1OCc1ccccc1)c1ccc(F)cc1. The van der Waals surface area contributed by atoms with Gasteiger partial charge in [-0.2, -0.15) is 0 Å². The Morgan fingerprint density at radius 2 is 1.31 bits per heavy atom. The van der Waals surface area contributed by atoms with E-state index >= 15 is 4.79 Å². The normalized spacial score (nSPS) is 15.5. The van der Waals surface area contributed by atoms with Gasteiger partial charge in [-0.05, 0) is 102 Å². The predicted molar refractivity (Wildman–Crippen MR) is 248 cm³/mol. The molecule has 0 bridgehead atoms. The van der Waals surface area contributed by atoms with Crippen molar-refractivity contribution in [1.29, 1.82) is 0 Å². The van der Waals surface area contributed by atoms with E-state index in [9.17, 15) is 13.6 Å². The van der Waals surface area contributed by atoms with Crippen LogP contribution in [0.2, 0.25) is 18.1 Å². The molecule has 8 nitrogen and oxygen atoms in total. The van der Waals surface area contributed by atoms with Crippen molar-refractivity contribution in [3.05, 3.63) is 197 Å². The fourth-order valence-corrected chi connectivity index (χ4v) is 8.93. The summed E-state index contributed by atoms with van der Waals surface area (Å²) in [5.74, 6) is -1.24. The van der Waals surface area contributed by atoms with Crippen LogP contribution in [0.25, 0.3) is 0 Å². The summed E-state index contributed by atoms with van der Waals surface area (Å²) in [5, 5.41) is 3.42. The number of cyclic esters (lactones) is 1. The van der Waals surface area contributed by atoms with Crippen molar-refractivity contribution in [3.8, 4) is 11.5 Å². The van der Waals surface area contributed by atoms with Crippen LogP contribution in [0.4, 0.5) is 19.3 Å². The van der Waals surface area contributed by atoms with Gasteiger partial charge < -0.3 is 24.0 Å². The van der Waals surface area contributed by atoms with E-state index in [2.05, 4.69) is 39.2 Å². The van der Waals surface area contributed by atoms with Gasteiger partial charge in [0, 0.05) is 17.3 Å². The first-order valence-corrected chi connectivity index (χ1v) is 24.6. The number of nitrogens with zero attached hydrogens (tertiary/aromatic N) is 1. The molecule has 0 aliphatic carbocycles. The van der Waals surface area contributed by atoms with Crippen molar-refractivity contribution in [1.82, 2.24) is 4.90 Å². The summed E-state index contributed by atoms with van der Waals surface area (Å²) in [6, 6.07) is 45.1. The molecule has 0 aromatic heterocycles. The van der Waals surface area contributed by atoms with E-state index < -0.39 is 50.2 Å². The summed E-state index contributed by atoms with van der Waals surface area (Å²) in [6.07, 6.45) is -0.749. The molecule has 1 aliphatic rings. The minimum atomic E-state index is -2.45. The Bertz CT molecular complexity index is 2450. The molecule has 6 aromatic rings. The van der Waals surface area contributed by atoms with E-state index in [1.807, 2.05) is 109 Å². The third-order valence-electron chi connectivity index (χ3n) is 12.2. The molecule has 7 rings (SSSR count). The Morgan fingerprint density at radius 3 is 1.91 bits per heavy atom. The molecule has 2 amide bonds. The van der Waals surface area contributed by atoms with Gasteiger partial charge in [0.1, 0.15) is 49.0 Å². The van der Waals surface area contributed by atoms with Crippen molar-refractivity contribution in [3.63, 3.8) is 0 Å². The van der Waals surface area contributed by atoms with Gasteiger partial charge in [0.15, 0.2) is 8.32 Å². The van der Waals surface area contributed by atoms with Crippen molar-refractivity contribution in [2.75, 3.05) is 11.9 Å². The standard InChI is InChI=1S/C53H56F2N2O6Si/c1-53(2,3)64(4,5)63-48(40-21-23-41(54)24-22-40)32-31-46(51(58)57-47(36-62-52(57)59)39-19-13-8-14-20-39)50(56-43-27-25-42(55)26-28-43)45-30-29-44(60-34-37-15-9-6-10-16-37)33-49(45)61-35-38-17-11-7-12-18-38/h6-30,33,46-48,50,56H,31-32,34-36H2,1-5H3/t46-,47-,48+,50-/m1/s1. The third-order valence-corrected chi connectivity index (χ3v) is 16.7. The van der Waals surface area contributed by atoms with Crippen molar-refractivity contribution < 1.29 is 37.0 Å². The van der Waals surface area contributed by atoms with Gasteiger partial charge in [-0.15, -0.1) is 0 Å². The maximum atomic E-state index is 15.6. The highest BCUT2D eigenvalue weighted by Crippen LogP contribution is 2.45. The van der Waals surface area contributed by atoms with Gasteiger partial charge in [-0.3, -0.25) is 4.79 Å². The monoisotopic (exact) mass is 882 g/mol. The van der Waals surface area contributed by atoms with E-state index in [4.69, 9.17) is 18.6 Å². The lowest BCUT2D eigenvalue weighted by Crippen LogP contribution is -2.43. The zero-order chi connectivity index (χ0) is 45.3. The molecular weight excluding hydrogens is 827 g/mol. The van der Waals surface area contributed by atoms with Crippen LogP contribution in [0.3, 0.4) is 0 Å². The minimum Gasteiger partial charge on any atom is -0.489 e. The molecular formula is C53H56F2N2O6Si. The Morgan fingerprint density at radius 1 is 0.750 bits per heavy atom. The Kier molecular flexibility index (Phi) is 14.6. The molecule has 0 saturated carbocycles. The largest absolute Gasteiger partial charge is 0.489 e. The van der Waals surface area contributed by atoms with Crippen LogP contribution < -0.4 is 14.8 Å². The first-order valence-electron chi connectivity index (χ1n) is 21.7. The zero-order valence-corrected chi connectivity index (χ0v) is 38.0. The Labute approximate surface area is 376 Å². The van der Waals surface area contributed by atoms with E-state index in [-0.39, 0.29) is 30.5 Å².